The van der Waals surface area contributed by atoms with Gasteiger partial charge in [0.25, 0.3) is 0 Å². The first-order valence-electron chi connectivity index (χ1n) is 5.28. The minimum absolute atomic E-state index is 0.101. The van der Waals surface area contributed by atoms with Crippen LogP contribution in [0.4, 0.5) is 0 Å². The van der Waals surface area contributed by atoms with Crippen molar-refractivity contribution in [1.82, 2.24) is 0 Å². The first-order valence-corrected chi connectivity index (χ1v) is 6.08. The molecule has 5 nitrogen and oxygen atoms in total. The first kappa shape index (κ1) is 14.9. The molecule has 0 radical (unpaired) electrons. The molecule has 0 aliphatic carbocycles. The molecule has 19 heavy (non-hydrogen) atoms. The van der Waals surface area contributed by atoms with E-state index >= 15 is 0 Å². The molecule has 1 rings (SSSR count). The number of ketones is 1. The summed E-state index contributed by atoms with van der Waals surface area (Å²) in [5.74, 6) is -1.27. The van der Waals surface area contributed by atoms with Gasteiger partial charge in [-0.05, 0) is 35.0 Å². The van der Waals surface area contributed by atoms with E-state index in [-0.39, 0.29) is 11.3 Å². The Labute approximate surface area is 118 Å². The fourth-order valence-electron chi connectivity index (χ4n) is 1.28. The number of carbonyl (C=O) groups excluding carboxylic acids is 2. The first-order chi connectivity index (χ1) is 8.97. The number of ether oxygens (including phenoxy) is 1. The molecule has 2 N–H and O–H groups in total. The zero-order chi connectivity index (χ0) is 14.4. The average molecular weight is 323 g/mol. The summed E-state index contributed by atoms with van der Waals surface area (Å²) >= 11 is 3.20. The summed E-state index contributed by atoms with van der Waals surface area (Å²) in [6.07, 6.45) is 0. The van der Waals surface area contributed by atoms with Gasteiger partial charge in [0, 0.05) is 10.2 Å². The molecule has 98 valence electrons. The summed E-state index contributed by atoms with van der Waals surface area (Å²) in [5.41, 5.74) is 5.59. The second-order valence-electron chi connectivity index (χ2n) is 3.65. The standard InChI is InChI=1S/C13H11BrN2O3/c1-8(16)10(6-15)12(17)7-19-13(18)9-4-2-3-5-11(9)14/h2-5H,7,16H2,1H3/b10-8+. The number of Topliss-reactive ketones (excluding diaryl/α,β-unsaturated/α-hetero) is 1. The molecular formula is C13H11BrN2O3. The maximum Gasteiger partial charge on any atom is 0.339 e. The summed E-state index contributed by atoms with van der Waals surface area (Å²) in [6.45, 7) is 0.920. The van der Waals surface area contributed by atoms with Crippen molar-refractivity contribution in [2.75, 3.05) is 6.61 Å². The number of hydrogen-bond donors (Lipinski definition) is 1. The lowest BCUT2D eigenvalue weighted by Crippen LogP contribution is -2.17. The fraction of sp³-hybridized carbons (Fsp3) is 0.154. The molecule has 6 heteroatoms. The highest BCUT2D eigenvalue weighted by atomic mass is 79.9. The number of rotatable bonds is 4. The zero-order valence-corrected chi connectivity index (χ0v) is 11.7. The quantitative estimate of drug-likeness (QED) is 0.519. The molecule has 0 saturated heterocycles. The van der Waals surface area contributed by atoms with Gasteiger partial charge < -0.3 is 10.5 Å². The van der Waals surface area contributed by atoms with Crippen LogP contribution >= 0.6 is 15.9 Å². The second-order valence-corrected chi connectivity index (χ2v) is 4.50. The van der Waals surface area contributed by atoms with E-state index in [0.29, 0.717) is 10.0 Å². The van der Waals surface area contributed by atoms with Gasteiger partial charge in [-0.15, -0.1) is 0 Å². The number of benzene rings is 1. The highest BCUT2D eigenvalue weighted by Gasteiger charge is 2.16. The lowest BCUT2D eigenvalue weighted by molar-refractivity contribution is -0.118. The van der Waals surface area contributed by atoms with Crippen molar-refractivity contribution in [3.8, 4) is 6.07 Å². The Kier molecular flexibility index (Phi) is 5.27. The van der Waals surface area contributed by atoms with Gasteiger partial charge in [-0.1, -0.05) is 12.1 Å². The lowest BCUT2D eigenvalue weighted by atomic mass is 10.1. The highest BCUT2D eigenvalue weighted by molar-refractivity contribution is 9.10. The molecule has 0 bridgehead atoms. The lowest BCUT2D eigenvalue weighted by Gasteiger charge is -2.05. The van der Waals surface area contributed by atoms with Gasteiger partial charge in [0.2, 0.25) is 5.78 Å². The largest absolute Gasteiger partial charge is 0.454 e. The third-order valence-corrected chi connectivity index (χ3v) is 2.90. The van der Waals surface area contributed by atoms with E-state index in [9.17, 15) is 9.59 Å². The van der Waals surface area contributed by atoms with Gasteiger partial charge in [-0.25, -0.2) is 4.79 Å². The van der Waals surface area contributed by atoms with E-state index in [0.717, 1.165) is 0 Å². The minimum Gasteiger partial charge on any atom is -0.454 e. The van der Waals surface area contributed by atoms with E-state index < -0.39 is 18.4 Å². The van der Waals surface area contributed by atoms with E-state index in [1.807, 2.05) is 0 Å². The van der Waals surface area contributed by atoms with Crippen LogP contribution in [0.2, 0.25) is 0 Å². The number of esters is 1. The Morgan fingerprint density at radius 3 is 2.58 bits per heavy atom. The fourth-order valence-corrected chi connectivity index (χ4v) is 1.72. The molecule has 0 aliphatic rings. The normalized spacial score (nSPS) is 11.2. The number of allylic oxidation sites excluding steroid dienone is 1. The van der Waals surface area contributed by atoms with Gasteiger partial charge >= 0.3 is 5.97 Å². The number of nitrogens with two attached hydrogens (primary N) is 1. The third-order valence-electron chi connectivity index (χ3n) is 2.21. The Morgan fingerprint density at radius 1 is 1.42 bits per heavy atom. The predicted octanol–water partition coefficient (Wildman–Crippen LogP) is 1.93. The summed E-state index contributed by atoms with van der Waals surface area (Å²) in [6, 6.07) is 8.35. The summed E-state index contributed by atoms with van der Waals surface area (Å²) in [4.78, 5) is 23.3. The zero-order valence-electron chi connectivity index (χ0n) is 10.1. The molecule has 0 fully saturated rings. The van der Waals surface area contributed by atoms with Gasteiger partial charge in [-0.3, -0.25) is 4.79 Å². The summed E-state index contributed by atoms with van der Waals surface area (Å²) in [5, 5.41) is 8.74. The van der Waals surface area contributed by atoms with Crippen LogP contribution in [0.3, 0.4) is 0 Å². The Bertz CT molecular complexity index is 584. The second kappa shape index (κ2) is 6.71. The van der Waals surface area contributed by atoms with Gasteiger partial charge in [0.15, 0.2) is 6.61 Å². The van der Waals surface area contributed by atoms with Gasteiger partial charge in [-0.2, -0.15) is 5.26 Å². The molecule has 0 atom stereocenters. The van der Waals surface area contributed by atoms with Crippen molar-refractivity contribution >= 4 is 27.7 Å². The van der Waals surface area contributed by atoms with E-state index in [1.54, 1.807) is 30.3 Å². The number of hydrogen-bond acceptors (Lipinski definition) is 5. The summed E-state index contributed by atoms with van der Waals surface area (Å²) < 4.78 is 5.41. The van der Waals surface area contributed by atoms with Gasteiger partial charge in [0.1, 0.15) is 11.6 Å². The van der Waals surface area contributed by atoms with Crippen molar-refractivity contribution in [3.63, 3.8) is 0 Å². The van der Waals surface area contributed by atoms with Crippen LogP contribution in [0, 0.1) is 11.3 Å². The van der Waals surface area contributed by atoms with Crippen LogP contribution in [0.25, 0.3) is 0 Å². The Morgan fingerprint density at radius 2 is 2.05 bits per heavy atom. The van der Waals surface area contributed by atoms with Crippen molar-refractivity contribution in [2.45, 2.75) is 6.92 Å². The van der Waals surface area contributed by atoms with Crippen molar-refractivity contribution in [3.05, 3.63) is 45.6 Å². The van der Waals surface area contributed by atoms with E-state index in [1.165, 1.54) is 6.92 Å². The van der Waals surface area contributed by atoms with Crippen LogP contribution in [0.1, 0.15) is 17.3 Å². The van der Waals surface area contributed by atoms with E-state index in [2.05, 4.69) is 15.9 Å². The molecular weight excluding hydrogens is 312 g/mol. The molecule has 0 aliphatic heterocycles. The third kappa shape index (κ3) is 3.93. The van der Waals surface area contributed by atoms with Crippen LogP contribution in [0.15, 0.2) is 40.0 Å². The van der Waals surface area contributed by atoms with Crippen molar-refractivity contribution in [1.29, 1.82) is 5.26 Å². The van der Waals surface area contributed by atoms with Crippen LogP contribution in [-0.4, -0.2) is 18.4 Å². The van der Waals surface area contributed by atoms with Crippen molar-refractivity contribution in [2.24, 2.45) is 5.73 Å². The minimum atomic E-state index is -0.646. The Hall–Kier alpha value is -2.13. The number of nitrogens with zero attached hydrogens (tertiary/aromatic N) is 1. The van der Waals surface area contributed by atoms with Crippen molar-refractivity contribution < 1.29 is 14.3 Å². The molecule has 0 saturated carbocycles. The maximum absolute atomic E-state index is 11.7. The van der Waals surface area contributed by atoms with E-state index in [4.69, 9.17) is 15.7 Å². The Balaban J connectivity index is 2.72. The molecule has 1 aromatic carbocycles. The molecule has 0 heterocycles. The molecule has 0 aromatic heterocycles. The molecule has 0 spiro atoms. The highest BCUT2D eigenvalue weighted by Crippen LogP contribution is 2.16. The number of carbonyl (C=O) groups is 2. The maximum atomic E-state index is 11.7. The van der Waals surface area contributed by atoms with Crippen LogP contribution in [-0.2, 0) is 9.53 Å². The van der Waals surface area contributed by atoms with Gasteiger partial charge in [0.05, 0.1) is 5.56 Å². The predicted molar refractivity (Wildman–Crippen MR) is 71.9 cm³/mol. The SMILES string of the molecule is C/C(N)=C(/C#N)C(=O)COC(=O)c1ccccc1Br. The topological polar surface area (TPSA) is 93.2 Å². The number of halogens is 1. The number of nitriles is 1. The summed E-state index contributed by atoms with van der Waals surface area (Å²) in [7, 11) is 0. The van der Waals surface area contributed by atoms with Crippen LogP contribution < -0.4 is 5.73 Å². The average Bonchev–Trinajstić information content (AvgIpc) is 2.37. The monoisotopic (exact) mass is 322 g/mol. The smallest absolute Gasteiger partial charge is 0.339 e. The van der Waals surface area contributed by atoms with Crippen LogP contribution in [0.5, 0.6) is 0 Å². The molecule has 1 aromatic rings. The molecule has 0 unspecified atom stereocenters. The molecule has 0 amide bonds.